The molecule has 94 valence electrons. The molecule has 3 N–H and O–H groups in total. The number of pyridine rings is 1. The number of rotatable bonds is 4. The van der Waals surface area contributed by atoms with Crippen LogP contribution in [0.1, 0.15) is 0 Å². The molecule has 0 bridgehead atoms. The lowest BCUT2D eigenvalue weighted by Crippen LogP contribution is -2.12. The maximum atomic E-state index is 5.35. The highest BCUT2D eigenvalue weighted by molar-refractivity contribution is 5.65. The molecule has 0 saturated carbocycles. The van der Waals surface area contributed by atoms with Gasteiger partial charge in [0, 0.05) is 36.8 Å². The van der Waals surface area contributed by atoms with Crippen molar-refractivity contribution in [2.45, 2.75) is 0 Å². The van der Waals surface area contributed by atoms with Gasteiger partial charge in [0.15, 0.2) is 0 Å². The molecule has 5 nitrogen and oxygen atoms in total. The number of hydrogen-bond acceptors (Lipinski definition) is 5. The highest BCUT2D eigenvalue weighted by Gasteiger charge is 2.05. The summed E-state index contributed by atoms with van der Waals surface area (Å²) in [6.45, 7) is 0. The van der Waals surface area contributed by atoms with E-state index < -0.39 is 0 Å². The standard InChI is InChI=1S/C13H16N4O/c1-17(10-4-3-5-12(8-10)18-2)11-6-7-15-13(9-11)16-14/h3-9H,14H2,1-2H3,(H,15,16). The van der Waals surface area contributed by atoms with E-state index in [-0.39, 0.29) is 0 Å². The molecule has 1 heterocycles. The number of nitrogen functional groups attached to an aromatic ring is 1. The Morgan fingerprint density at radius 2 is 2.00 bits per heavy atom. The Balaban J connectivity index is 2.31. The van der Waals surface area contributed by atoms with Gasteiger partial charge in [-0.15, -0.1) is 0 Å². The second-order valence-corrected chi connectivity index (χ2v) is 3.80. The lowest BCUT2D eigenvalue weighted by atomic mass is 10.2. The predicted octanol–water partition coefficient (Wildman–Crippen LogP) is 2.14. The number of ether oxygens (including phenoxy) is 1. The Bertz CT molecular complexity index is 482. The molecule has 0 spiro atoms. The summed E-state index contributed by atoms with van der Waals surface area (Å²) in [5.41, 5.74) is 4.56. The normalized spacial score (nSPS) is 9.94. The molecule has 0 aliphatic carbocycles. The predicted molar refractivity (Wildman–Crippen MR) is 73.1 cm³/mol. The van der Waals surface area contributed by atoms with Gasteiger partial charge in [0.25, 0.3) is 0 Å². The van der Waals surface area contributed by atoms with Gasteiger partial charge in [-0.3, -0.25) is 0 Å². The van der Waals surface area contributed by atoms with Crippen LogP contribution < -0.4 is 20.9 Å². The average Bonchev–Trinajstić information content (AvgIpc) is 2.46. The number of hydrogen-bond donors (Lipinski definition) is 2. The second-order valence-electron chi connectivity index (χ2n) is 3.80. The van der Waals surface area contributed by atoms with Gasteiger partial charge in [0.2, 0.25) is 0 Å². The molecule has 18 heavy (non-hydrogen) atoms. The molecule has 2 aromatic rings. The first-order valence-electron chi connectivity index (χ1n) is 5.55. The fourth-order valence-electron chi connectivity index (χ4n) is 1.68. The minimum absolute atomic E-state index is 0.627. The third-order valence-electron chi connectivity index (χ3n) is 2.72. The van der Waals surface area contributed by atoms with Gasteiger partial charge in [-0.1, -0.05) is 6.07 Å². The second kappa shape index (κ2) is 5.37. The molecule has 0 radical (unpaired) electrons. The van der Waals surface area contributed by atoms with Crippen molar-refractivity contribution < 1.29 is 4.74 Å². The number of anilines is 3. The Morgan fingerprint density at radius 1 is 1.22 bits per heavy atom. The molecule has 0 unspecified atom stereocenters. The topological polar surface area (TPSA) is 63.4 Å². The number of benzene rings is 1. The Kier molecular flexibility index (Phi) is 3.64. The number of methoxy groups -OCH3 is 1. The van der Waals surface area contributed by atoms with Crippen molar-refractivity contribution in [2.24, 2.45) is 5.84 Å². The molecule has 0 aliphatic rings. The molecule has 1 aromatic heterocycles. The first-order valence-corrected chi connectivity index (χ1v) is 5.55. The molecular formula is C13H16N4O. The van der Waals surface area contributed by atoms with E-state index in [9.17, 15) is 0 Å². The van der Waals surface area contributed by atoms with Crippen molar-refractivity contribution in [2.75, 3.05) is 24.5 Å². The zero-order valence-corrected chi connectivity index (χ0v) is 10.4. The van der Waals surface area contributed by atoms with Crippen LogP contribution in [-0.4, -0.2) is 19.1 Å². The molecule has 2 rings (SSSR count). The van der Waals surface area contributed by atoms with Crippen molar-refractivity contribution in [3.8, 4) is 5.75 Å². The summed E-state index contributed by atoms with van der Waals surface area (Å²) in [7, 11) is 3.63. The van der Waals surface area contributed by atoms with Gasteiger partial charge in [-0.2, -0.15) is 0 Å². The van der Waals surface area contributed by atoms with Crippen molar-refractivity contribution >= 4 is 17.2 Å². The first kappa shape index (κ1) is 12.2. The number of aromatic nitrogens is 1. The molecule has 0 aliphatic heterocycles. The van der Waals surface area contributed by atoms with Gasteiger partial charge in [0.1, 0.15) is 11.6 Å². The molecule has 0 fully saturated rings. The van der Waals surface area contributed by atoms with E-state index in [0.29, 0.717) is 5.82 Å². The molecular weight excluding hydrogens is 228 g/mol. The van der Waals surface area contributed by atoms with Crippen molar-refractivity contribution in [3.63, 3.8) is 0 Å². The Hall–Kier alpha value is -2.27. The fraction of sp³-hybridized carbons (Fsp3) is 0.154. The quantitative estimate of drug-likeness (QED) is 0.637. The SMILES string of the molecule is COc1cccc(N(C)c2ccnc(NN)c2)c1. The van der Waals surface area contributed by atoms with E-state index in [1.807, 2.05) is 48.3 Å². The fourth-order valence-corrected chi connectivity index (χ4v) is 1.68. The summed E-state index contributed by atoms with van der Waals surface area (Å²) >= 11 is 0. The summed E-state index contributed by atoms with van der Waals surface area (Å²) in [5.74, 6) is 6.80. The van der Waals surface area contributed by atoms with Gasteiger partial charge in [-0.05, 0) is 18.2 Å². The highest BCUT2D eigenvalue weighted by atomic mass is 16.5. The number of nitrogens with two attached hydrogens (primary N) is 1. The summed E-state index contributed by atoms with van der Waals surface area (Å²) in [5, 5.41) is 0. The van der Waals surface area contributed by atoms with E-state index in [0.717, 1.165) is 17.1 Å². The lowest BCUT2D eigenvalue weighted by Gasteiger charge is -2.20. The zero-order valence-electron chi connectivity index (χ0n) is 10.4. The largest absolute Gasteiger partial charge is 0.497 e. The Labute approximate surface area is 106 Å². The summed E-state index contributed by atoms with van der Waals surface area (Å²) in [6.07, 6.45) is 1.71. The average molecular weight is 244 g/mol. The minimum atomic E-state index is 0.627. The third kappa shape index (κ3) is 2.52. The van der Waals surface area contributed by atoms with E-state index in [1.165, 1.54) is 0 Å². The van der Waals surface area contributed by atoms with Gasteiger partial charge in [0.05, 0.1) is 7.11 Å². The number of hydrazine groups is 1. The molecule has 0 amide bonds. The van der Waals surface area contributed by atoms with E-state index in [2.05, 4.69) is 10.4 Å². The molecule has 5 heteroatoms. The van der Waals surface area contributed by atoms with E-state index in [1.54, 1.807) is 13.3 Å². The number of nitrogens with zero attached hydrogens (tertiary/aromatic N) is 2. The van der Waals surface area contributed by atoms with Gasteiger partial charge in [-0.25, -0.2) is 10.8 Å². The Morgan fingerprint density at radius 3 is 2.72 bits per heavy atom. The van der Waals surface area contributed by atoms with E-state index in [4.69, 9.17) is 10.6 Å². The maximum Gasteiger partial charge on any atom is 0.141 e. The van der Waals surface area contributed by atoms with Crippen LogP contribution in [0.5, 0.6) is 5.75 Å². The molecule has 0 atom stereocenters. The highest BCUT2D eigenvalue weighted by Crippen LogP contribution is 2.27. The monoisotopic (exact) mass is 244 g/mol. The van der Waals surface area contributed by atoms with Crippen LogP contribution in [0, 0.1) is 0 Å². The van der Waals surface area contributed by atoms with Gasteiger partial charge >= 0.3 is 0 Å². The molecule has 0 saturated heterocycles. The summed E-state index contributed by atoms with van der Waals surface area (Å²) < 4.78 is 5.21. The van der Waals surface area contributed by atoms with Crippen molar-refractivity contribution in [3.05, 3.63) is 42.6 Å². The third-order valence-corrected chi connectivity index (χ3v) is 2.72. The molecule has 1 aromatic carbocycles. The van der Waals surface area contributed by atoms with Gasteiger partial charge < -0.3 is 15.1 Å². The van der Waals surface area contributed by atoms with Crippen molar-refractivity contribution in [1.29, 1.82) is 0 Å². The zero-order chi connectivity index (χ0) is 13.0. The van der Waals surface area contributed by atoms with Crippen molar-refractivity contribution in [1.82, 2.24) is 4.98 Å². The van der Waals surface area contributed by atoms with Crippen LogP contribution in [0.3, 0.4) is 0 Å². The van der Waals surface area contributed by atoms with Crippen LogP contribution in [0.2, 0.25) is 0 Å². The van der Waals surface area contributed by atoms with Crippen LogP contribution in [-0.2, 0) is 0 Å². The van der Waals surface area contributed by atoms with Crippen LogP contribution in [0.4, 0.5) is 17.2 Å². The van der Waals surface area contributed by atoms with E-state index >= 15 is 0 Å². The summed E-state index contributed by atoms with van der Waals surface area (Å²) in [4.78, 5) is 6.11. The van der Waals surface area contributed by atoms with Crippen LogP contribution >= 0.6 is 0 Å². The first-order chi connectivity index (χ1) is 8.74. The van der Waals surface area contributed by atoms with Crippen LogP contribution in [0.15, 0.2) is 42.6 Å². The lowest BCUT2D eigenvalue weighted by molar-refractivity contribution is 0.415. The minimum Gasteiger partial charge on any atom is -0.497 e. The maximum absolute atomic E-state index is 5.35. The summed E-state index contributed by atoms with van der Waals surface area (Å²) in [6, 6.07) is 11.6. The number of nitrogens with one attached hydrogen (secondary N) is 1. The van der Waals surface area contributed by atoms with Crippen LogP contribution in [0.25, 0.3) is 0 Å². The smallest absolute Gasteiger partial charge is 0.141 e.